The van der Waals surface area contributed by atoms with Crippen molar-refractivity contribution >= 4 is 55.0 Å². The van der Waals surface area contributed by atoms with E-state index in [4.69, 9.17) is 4.42 Å². The first-order valence-corrected chi connectivity index (χ1v) is 8.37. The molecule has 112 valence electrons. The average molecular weight is 436 g/mol. The van der Waals surface area contributed by atoms with Gasteiger partial charge in [0.05, 0.1) is 16.9 Å². The Morgan fingerprint density at radius 1 is 1.29 bits per heavy atom. The summed E-state index contributed by atoms with van der Waals surface area (Å²) in [6.07, 6.45) is 0. The average Bonchev–Trinajstić information content (AvgIpc) is 3.04. The van der Waals surface area contributed by atoms with E-state index in [0.717, 1.165) is 8.66 Å². The van der Waals surface area contributed by atoms with Gasteiger partial charge >= 0.3 is 0 Å². The van der Waals surface area contributed by atoms with E-state index in [9.17, 15) is 9.59 Å². The number of hydrogen-bond donors (Lipinski definition) is 1. The molecule has 0 aliphatic heterocycles. The Morgan fingerprint density at radius 2 is 2.05 bits per heavy atom. The Morgan fingerprint density at radius 3 is 2.62 bits per heavy atom. The molecule has 0 aromatic carbocycles. The number of carbonyl (C=O) groups is 2. The van der Waals surface area contributed by atoms with E-state index in [1.165, 1.54) is 6.07 Å². The molecule has 8 heteroatoms. The van der Waals surface area contributed by atoms with Crippen LogP contribution in [-0.2, 0) is 11.3 Å². The second-order valence-corrected chi connectivity index (χ2v) is 7.57. The topological polar surface area (TPSA) is 62.6 Å². The van der Waals surface area contributed by atoms with Crippen LogP contribution in [0, 0.1) is 0 Å². The predicted octanol–water partition coefficient (Wildman–Crippen LogP) is 3.25. The highest BCUT2D eigenvalue weighted by atomic mass is 79.9. The number of nitrogens with zero attached hydrogens (tertiary/aromatic N) is 1. The van der Waals surface area contributed by atoms with Crippen molar-refractivity contribution in [2.45, 2.75) is 6.54 Å². The summed E-state index contributed by atoms with van der Waals surface area (Å²) < 4.78 is 6.61. The lowest BCUT2D eigenvalue weighted by atomic mass is 10.4. The molecule has 2 heterocycles. The molecule has 2 amide bonds. The zero-order valence-corrected chi connectivity index (χ0v) is 15.0. The summed E-state index contributed by atoms with van der Waals surface area (Å²) in [6, 6.07) is 7.06. The van der Waals surface area contributed by atoms with Crippen molar-refractivity contribution in [3.63, 3.8) is 0 Å². The first-order chi connectivity index (χ1) is 9.95. The van der Waals surface area contributed by atoms with Gasteiger partial charge in [0.25, 0.3) is 5.91 Å². The summed E-state index contributed by atoms with van der Waals surface area (Å²) in [5, 5.41) is 2.53. The number of hydrogen-bond acceptors (Lipinski definition) is 4. The molecule has 0 fully saturated rings. The van der Waals surface area contributed by atoms with Crippen LogP contribution in [0.5, 0.6) is 0 Å². The molecular weight excluding hydrogens is 424 g/mol. The second-order valence-electron chi connectivity index (χ2n) is 4.24. The predicted molar refractivity (Wildman–Crippen MR) is 87.2 cm³/mol. The maximum atomic E-state index is 12.0. The van der Waals surface area contributed by atoms with Crippen LogP contribution >= 0.6 is 43.2 Å². The third-order valence-electron chi connectivity index (χ3n) is 2.64. The fourth-order valence-corrected chi connectivity index (χ4v) is 3.42. The smallest absolute Gasteiger partial charge is 0.287 e. The molecule has 0 radical (unpaired) electrons. The molecule has 2 rings (SSSR count). The fraction of sp³-hybridized carbons (Fsp3) is 0.231. The van der Waals surface area contributed by atoms with Gasteiger partial charge in [-0.05, 0) is 56.1 Å². The van der Waals surface area contributed by atoms with E-state index in [2.05, 4.69) is 37.2 Å². The molecule has 0 saturated carbocycles. The van der Waals surface area contributed by atoms with Gasteiger partial charge in [0.2, 0.25) is 5.91 Å². The van der Waals surface area contributed by atoms with Crippen molar-refractivity contribution in [1.29, 1.82) is 0 Å². The van der Waals surface area contributed by atoms with Gasteiger partial charge in [0.1, 0.15) is 0 Å². The molecule has 2 aromatic heterocycles. The lowest BCUT2D eigenvalue weighted by Crippen LogP contribution is -2.37. The van der Waals surface area contributed by atoms with Crippen LogP contribution in [0.15, 0.2) is 37.1 Å². The first kappa shape index (κ1) is 16.3. The van der Waals surface area contributed by atoms with E-state index in [1.54, 1.807) is 29.4 Å². The fourth-order valence-electron chi connectivity index (χ4n) is 1.57. The molecule has 0 aliphatic carbocycles. The molecule has 2 aromatic rings. The standard InChI is InChI=1S/C13H12Br2N2O3S/c1-17(7-8-2-5-11(15)21-8)12(18)6-16-13(19)9-3-4-10(14)20-9/h2-5H,6-7H2,1H3,(H,16,19). The maximum Gasteiger partial charge on any atom is 0.287 e. The number of likely N-dealkylation sites (N-methyl/N-ethyl adjacent to an activating group) is 1. The van der Waals surface area contributed by atoms with Gasteiger partial charge in [-0.3, -0.25) is 9.59 Å². The lowest BCUT2D eigenvalue weighted by Gasteiger charge is -2.16. The first-order valence-electron chi connectivity index (χ1n) is 5.97. The summed E-state index contributed by atoms with van der Waals surface area (Å²) >= 11 is 8.07. The normalized spacial score (nSPS) is 10.4. The molecule has 0 aliphatic rings. The van der Waals surface area contributed by atoms with Crippen molar-refractivity contribution in [2.24, 2.45) is 0 Å². The van der Waals surface area contributed by atoms with Crippen molar-refractivity contribution in [2.75, 3.05) is 13.6 Å². The van der Waals surface area contributed by atoms with E-state index in [-0.39, 0.29) is 18.2 Å². The quantitative estimate of drug-likeness (QED) is 0.783. The van der Waals surface area contributed by atoms with E-state index >= 15 is 0 Å². The molecule has 0 saturated heterocycles. The number of halogens is 2. The van der Waals surface area contributed by atoms with Crippen molar-refractivity contribution in [3.05, 3.63) is 43.4 Å². The SMILES string of the molecule is CN(Cc1ccc(Br)s1)C(=O)CNC(=O)c1ccc(Br)o1. The van der Waals surface area contributed by atoms with Crippen LogP contribution in [0.2, 0.25) is 0 Å². The van der Waals surface area contributed by atoms with Crippen molar-refractivity contribution < 1.29 is 14.0 Å². The van der Waals surface area contributed by atoms with Crippen LogP contribution < -0.4 is 5.32 Å². The summed E-state index contributed by atoms with van der Waals surface area (Å²) in [6.45, 7) is 0.442. The largest absolute Gasteiger partial charge is 0.444 e. The van der Waals surface area contributed by atoms with E-state index < -0.39 is 5.91 Å². The van der Waals surface area contributed by atoms with Crippen molar-refractivity contribution in [3.8, 4) is 0 Å². The Hall–Kier alpha value is -1.12. The molecule has 1 N–H and O–H groups in total. The Bertz CT molecular complexity index is 653. The molecule has 0 bridgehead atoms. The van der Waals surface area contributed by atoms with Gasteiger partial charge in [-0.1, -0.05) is 0 Å². The van der Waals surface area contributed by atoms with Gasteiger partial charge in [-0.2, -0.15) is 0 Å². The third-order valence-corrected chi connectivity index (χ3v) is 4.68. The Kier molecular flexibility index (Phi) is 5.60. The monoisotopic (exact) mass is 434 g/mol. The van der Waals surface area contributed by atoms with Crippen LogP contribution in [0.3, 0.4) is 0 Å². The zero-order chi connectivity index (χ0) is 15.4. The third kappa shape index (κ3) is 4.69. The summed E-state index contributed by atoms with van der Waals surface area (Å²) in [5.41, 5.74) is 0. The summed E-state index contributed by atoms with van der Waals surface area (Å²) in [7, 11) is 1.70. The summed E-state index contributed by atoms with van der Waals surface area (Å²) in [4.78, 5) is 26.3. The van der Waals surface area contributed by atoms with Crippen LogP contribution in [0.4, 0.5) is 0 Å². The van der Waals surface area contributed by atoms with E-state index in [1.807, 2.05) is 12.1 Å². The number of thiophene rings is 1. The molecule has 21 heavy (non-hydrogen) atoms. The minimum absolute atomic E-state index is 0.0692. The maximum absolute atomic E-state index is 12.0. The van der Waals surface area contributed by atoms with Crippen LogP contribution in [0.1, 0.15) is 15.4 Å². The number of nitrogens with one attached hydrogen (secondary N) is 1. The van der Waals surface area contributed by atoms with Gasteiger partial charge in [0, 0.05) is 11.9 Å². The number of amides is 2. The van der Waals surface area contributed by atoms with Crippen LogP contribution in [0.25, 0.3) is 0 Å². The second kappa shape index (κ2) is 7.24. The van der Waals surface area contributed by atoms with Gasteiger partial charge in [0.15, 0.2) is 10.4 Å². The molecule has 0 unspecified atom stereocenters. The summed E-state index contributed by atoms with van der Waals surface area (Å²) in [5.74, 6) is -0.417. The highest BCUT2D eigenvalue weighted by Crippen LogP contribution is 2.22. The molecular formula is C13H12Br2N2O3S. The molecule has 0 atom stereocenters. The van der Waals surface area contributed by atoms with Gasteiger partial charge < -0.3 is 14.6 Å². The zero-order valence-electron chi connectivity index (χ0n) is 11.1. The highest BCUT2D eigenvalue weighted by Gasteiger charge is 2.14. The van der Waals surface area contributed by atoms with Crippen molar-refractivity contribution in [1.82, 2.24) is 10.2 Å². The Labute approximate surface area is 142 Å². The number of furan rings is 1. The van der Waals surface area contributed by atoms with E-state index in [0.29, 0.717) is 11.2 Å². The minimum Gasteiger partial charge on any atom is -0.444 e. The van der Waals surface area contributed by atoms with Crippen LogP contribution in [-0.4, -0.2) is 30.3 Å². The number of carbonyl (C=O) groups excluding carboxylic acids is 2. The van der Waals surface area contributed by atoms with Gasteiger partial charge in [-0.25, -0.2) is 0 Å². The highest BCUT2D eigenvalue weighted by molar-refractivity contribution is 9.11. The molecule has 0 spiro atoms. The Balaban J connectivity index is 1.82. The lowest BCUT2D eigenvalue weighted by molar-refractivity contribution is -0.129. The number of rotatable bonds is 5. The van der Waals surface area contributed by atoms with Gasteiger partial charge in [-0.15, -0.1) is 11.3 Å². The molecule has 5 nitrogen and oxygen atoms in total. The minimum atomic E-state index is -0.415.